The normalized spacial score (nSPS) is 27.7. The summed E-state index contributed by atoms with van der Waals surface area (Å²) in [7, 11) is 1.63. The molecule has 0 fully saturated rings. The molecule has 0 radical (unpaired) electrons. The van der Waals surface area contributed by atoms with Crippen molar-refractivity contribution in [1.29, 1.82) is 0 Å². The molecule has 1 aliphatic carbocycles. The zero-order valence-corrected chi connectivity index (χ0v) is 16.1. The van der Waals surface area contributed by atoms with Gasteiger partial charge in [-0.15, -0.1) is 0 Å². The van der Waals surface area contributed by atoms with E-state index >= 15 is 0 Å². The number of alkyl halides is 1. The van der Waals surface area contributed by atoms with E-state index in [0.29, 0.717) is 16.5 Å². The number of carbonyl (C=O) groups is 1. The summed E-state index contributed by atoms with van der Waals surface area (Å²) in [4.78, 5) is 11.5. The fraction of sp³-hybridized carbons (Fsp3) is 0.357. The average Bonchev–Trinajstić information content (AvgIpc) is 2.44. The number of carboxylic acid groups (broad SMARTS) is 1. The van der Waals surface area contributed by atoms with Crippen molar-refractivity contribution in [3.05, 3.63) is 45.0 Å². The standard InChI is InChI=1S/C14H16Br3NO3/c1-3-7(14(19)20)13(11(17)6-18)8-4-12(21-2)10(16)5-9(8)15/h3,5-6,8,10,12H,1,4,18H2,2H3,(H,19,20)/b11-6+,13-7+. The van der Waals surface area contributed by atoms with Crippen LogP contribution in [0.1, 0.15) is 6.42 Å². The van der Waals surface area contributed by atoms with Crippen molar-refractivity contribution in [2.75, 3.05) is 7.11 Å². The molecular weight excluding hydrogens is 470 g/mol. The van der Waals surface area contributed by atoms with Crippen LogP contribution in [0.3, 0.4) is 0 Å². The number of carboxylic acids is 1. The highest BCUT2D eigenvalue weighted by atomic mass is 79.9. The van der Waals surface area contributed by atoms with E-state index in [0.717, 1.165) is 4.48 Å². The minimum atomic E-state index is -1.05. The molecule has 0 aromatic heterocycles. The van der Waals surface area contributed by atoms with Crippen molar-refractivity contribution in [1.82, 2.24) is 0 Å². The first kappa shape index (κ1) is 18.7. The number of rotatable bonds is 5. The lowest BCUT2D eigenvalue weighted by Gasteiger charge is -2.32. The molecule has 3 N–H and O–H groups in total. The maximum absolute atomic E-state index is 11.5. The fourth-order valence-electron chi connectivity index (χ4n) is 2.22. The molecule has 0 aliphatic heterocycles. The Hall–Kier alpha value is -0.370. The third-order valence-electron chi connectivity index (χ3n) is 3.25. The highest BCUT2D eigenvalue weighted by Gasteiger charge is 2.34. The van der Waals surface area contributed by atoms with Crippen LogP contribution in [0.2, 0.25) is 0 Å². The molecule has 21 heavy (non-hydrogen) atoms. The molecule has 7 heteroatoms. The number of methoxy groups -OCH3 is 1. The highest BCUT2D eigenvalue weighted by Crippen LogP contribution is 2.42. The quantitative estimate of drug-likeness (QED) is 0.353. The molecule has 0 saturated heterocycles. The van der Waals surface area contributed by atoms with E-state index in [1.54, 1.807) is 7.11 Å². The molecule has 0 aromatic rings. The van der Waals surface area contributed by atoms with Crippen LogP contribution in [0.15, 0.2) is 45.0 Å². The van der Waals surface area contributed by atoms with Crippen molar-refractivity contribution in [2.45, 2.75) is 17.4 Å². The van der Waals surface area contributed by atoms with Gasteiger partial charge in [0.25, 0.3) is 0 Å². The molecule has 3 unspecified atom stereocenters. The molecular formula is C14H16Br3NO3. The van der Waals surface area contributed by atoms with E-state index in [1.165, 1.54) is 12.3 Å². The molecule has 0 amide bonds. The van der Waals surface area contributed by atoms with Crippen LogP contribution >= 0.6 is 47.8 Å². The van der Waals surface area contributed by atoms with Crippen LogP contribution < -0.4 is 5.73 Å². The average molecular weight is 486 g/mol. The van der Waals surface area contributed by atoms with E-state index in [2.05, 4.69) is 54.4 Å². The van der Waals surface area contributed by atoms with Gasteiger partial charge in [-0.05, 0) is 32.4 Å². The minimum Gasteiger partial charge on any atom is -0.478 e. The van der Waals surface area contributed by atoms with Crippen LogP contribution in [0.5, 0.6) is 0 Å². The predicted octanol–water partition coefficient (Wildman–Crippen LogP) is 3.83. The van der Waals surface area contributed by atoms with Gasteiger partial charge in [0.15, 0.2) is 0 Å². The zero-order valence-electron chi connectivity index (χ0n) is 11.4. The predicted molar refractivity (Wildman–Crippen MR) is 94.7 cm³/mol. The van der Waals surface area contributed by atoms with E-state index in [4.69, 9.17) is 10.5 Å². The second kappa shape index (κ2) is 8.31. The number of allylic oxidation sites excluding steroid dienone is 3. The summed E-state index contributed by atoms with van der Waals surface area (Å²) in [5.74, 6) is -1.23. The van der Waals surface area contributed by atoms with E-state index < -0.39 is 5.97 Å². The maximum atomic E-state index is 11.5. The number of nitrogens with two attached hydrogens (primary N) is 1. The lowest BCUT2D eigenvalue weighted by Crippen LogP contribution is -2.31. The smallest absolute Gasteiger partial charge is 0.336 e. The number of ether oxygens (including phenoxy) is 1. The first-order valence-corrected chi connectivity index (χ1v) is 8.59. The first-order valence-electron chi connectivity index (χ1n) is 6.09. The minimum absolute atomic E-state index is 0.0621. The second-order valence-corrected chi connectivity index (χ2v) is 7.24. The SMILES string of the molecule is C=C/C(C(=O)O)=C(\C(Br)=C/N)C1CC(OC)C(Br)C=C1Br. The molecule has 0 heterocycles. The van der Waals surface area contributed by atoms with Gasteiger partial charge in [-0.1, -0.05) is 50.6 Å². The molecule has 4 nitrogen and oxygen atoms in total. The van der Waals surface area contributed by atoms with Crippen LogP contribution in [0, 0.1) is 5.92 Å². The van der Waals surface area contributed by atoms with Gasteiger partial charge in [-0.2, -0.15) is 0 Å². The fourth-order valence-corrected chi connectivity index (χ4v) is 4.48. The maximum Gasteiger partial charge on any atom is 0.336 e. The Morgan fingerprint density at radius 3 is 2.67 bits per heavy atom. The Kier molecular flexibility index (Phi) is 7.39. The molecule has 1 rings (SSSR count). The van der Waals surface area contributed by atoms with E-state index in [-0.39, 0.29) is 22.4 Å². The summed E-state index contributed by atoms with van der Waals surface area (Å²) >= 11 is 10.4. The third kappa shape index (κ3) is 4.31. The monoisotopic (exact) mass is 483 g/mol. The molecule has 116 valence electrons. The van der Waals surface area contributed by atoms with Crippen LogP contribution in [-0.2, 0) is 9.53 Å². The summed E-state index contributed by atoms with van der Waals surface area (Å²) in [5.41, 5.74) is 6.25. The van der Waals surface area contributed by atoms with Crippen molar-refractivity contribution in [3.8, 4) is 0 Å². The van der Waals surface area contributed by atoms with Crippen molar-refractivity contribution < 1.29 is 14.6 Å². The molecule has 0 bridgehead atoms. The number of hydrogen-bond acceptors (Lipinski definition) is 3. The highest BCUT2D eigenvalue weighted by molar-refractivity contribution is 9.12. The Morgan fingerprint density at radius 2 is 2.24 bits per heavy atom. The van der Waals surface area contributed by atoms with Crippen LogP contribution in [0.4, 0.5) is 0 Å². The van der Waals surface area contributed by atoms with Crippen molar-refractivity contribution >= 4 is 53.8 Å². The van der Waals surface area contributed by atoms with Gasteiger partial charge in [-0.3, -0.25) is 0 Å². The summed E-state index contributed by atoms with van der Waals surface area (Å²) in [6, 6.07) is 0. The summed E-state index contributed by atoms with van der Waals surface area (Å²) < 4.78 is 6.85. The van der Waals surface area contributed by atoms with Crippen LogP contribution in [-0.4, -0.2) is 29.1 Å². The Bertz CT molecular complexity index is 526. The number of halogens is 3. The molecule has 0 saturated carbocycles. The third-order valence-corrected chi connectivity index (χ3v) is 5.62. The van der Waals surface area contributed by atoms with Gasteiger partial charge in [0.05, 0.1) is 16.5 Å². The summed E-state index contributed by atoms with van der Waals surface area (Å²) in [6.45, 7) is 3.59. The molecule has 3 atom stereocenters. The number of aliphatic carboxylic acids is 1. The largest absolute Gasteiger partial charge is 0.478 e. The Labute approximate surface area is 149 Å². The van der Waals surface area contributed by atoms with Crippen molar-refractivity contribution in [3.63, 3.8) is 0 Å². The Balaban J connectivity index is 3.44. The summed E-state index contributed by atoms with van der Waals surface area (Å²) in [5, 5.41) is 9.39. The van der Waals surface area contributed by atoms with Gasteiger partial charge in [0, 0.05) is 23.7 Å². The zero-order chi connectivity index (χ0) is 16.2. The van der Waals surface area contributed by atoms with Crippen LogP contribution in [0.25, 0.3) is 0 Å². The van der Waals surface area contributed by atoms with E-state index in [9.17, 15) is 9.90 Å². The lowest BCUT2D eigenvalue weighted by atomic mass is 9.84. The second-order valence-electron chi connectivity index (χ2n) is 4.41. The van der Waals surface area contributed by atoms with Gasteiger partial charge < -0.3 is 15.6 Å². The molecule has 0 aromatic carbocycles. The van der Waals surface area contributed by atoms with Gasteiger partial charge in [0.2, 0.25) is 0 Å². The molecule has 1 aliphatic rings. The Morgan fingerprint density at radius 1 is 1.62 bits per heavy atom. The van der Waals surface area contributed by atoms with E-state index in [1.807, 2.05) is 6.08 Å². The van der Waals surface area contributed by atoms with Crippen molar-refractivity contribution in [2.24, 2.45) is 11.7 Å². The van der Waals surface area contributed by atoms with Gasteiger partial charge >= 0.3 is 5.97 Å². The number of hydrogen-bond donors (Lipinski definition) is 2. The lowest BCUT2D eigenvalue weighted by molar-refractivity contribution is -0.132. The van der Waals surface area contributed by atoms with Gasteiger partial charge in [-0.25, -0.2) is 4.79 Å². The summed E-state index contributed by atoms with van der Waals surface area (Å²) in [6.07, 6.45) is 5.17. The first-order chi connectivity index (χ1) is 9.87. The van der Waals surface area contributed by atoms with Gasteiger partial charge in [0.1, 0.15) is 0 Å². The topological polar surface area (TPSA) is 72.5 Å². The molecule has 0 spiro atoms.